The molecule has 0 aliphatic carbocycles. The van der Waals surface area contributed by atoms with Gasteiger partial charge in [-0.25, -0.2) is 0 Å². The van der Waals surface area contributed by atoms with Crippen molar-refractivity contribution in [2.24, 2.45) is 5.92 Å². The first kappa shape index (κ1) is 11.3. The summed E-state index contributed by atoms with van der Waals surface area (Å²) in [5.41, 5.74) is 0.00520. The van der Waals surface area contributed by atoms with Crippen LogP contribution in [0.3, 0.4) is 0 Å². The first-order valence-corrected chi connectivity index (χ1v) is 5.98. The van der Waals surface area contributed by atoms with Gasteiger partial charge in [0.1, 0.15) is 0 Å². The van der Waals surface area contributed by atoms with E-state index in [1.165, 1.54) is 5.75 Å². The van der Waals surface area contributed by atoms with Crippen molar-refractivity contribution < 1.29 is 4.74 Å². The molecule has 3 heteroatoms. The van der Waals surface area contributed by atoms with Crippen LogP contribution in [0.1, 0.15) is 27.2 Å². The first-order valence-electron chi connectivity index (χ1n) is 4.93. The quantitative estimate of drug-likeness (QED) is 0.759. The summed E-state index contributed by atoms with van der Waals surface area (Å²) < 4.78 is 5.41. The summed E-state index contributed by atoms with van der Waals surface area (Å²) in [5.74, 6) is 2.09. The molecule has 0 aromatic rings. The number of hydrogen-bond donors (Lipinski definition) is 1. The van der Waals surface area contributed by atoms with Gasteiger partial charge in [0.15, 0.2) is 0 Å². The highest BCUT2D eigenvalue weighted by molar-refractivity contribution is 7.99. The molecule has 1 aliphatic rings. The molecule has 78 valence electrons. The highest BCUT2D eigenvalue weighted by atomic mass is 32.2. The van der Waals surface area contributed by atoms with Crippen molar-refractivity contribution in [1.29, 1.82) is 0 Å². The zero-order chi connectivity index (χ0) is 9.90. The third-order valence-corrected chi connectivity index (χ3v) is 4.00. The fourth-order valence-electron chi connectivity index (χ4n) is 1.39. The molecule has 0 aromatic heterocycles. The van der Waals surface area contributed by atoms with Crippen molar-refractivity contribution in [3.8, 4) is 0 Å². The maximum Gasteiger partial charge on any atom is 0.0645 e. The minimum atomic E-state index is 0.00520. The predicted octanol–water partition coefficient (Wildman–Crippen LogP) is 2.10. The molecule has 0 radical (unpaired) electrons. The van der Waals surface area contributed by atoms with Gasteiger partial charge in [0.25, 0.3) is 0 Å². The van der Waals surface area contributed by atoms with Crippen LogP contribution in [0.5, 0.6) is 0 Å². The maximum absolute atomic E-state index is 5.41. The normalized spacial score (nSPS) is 30.5. The average Bonchev–Trinajstić information content (AvgIpc) is 2.09. The van der Waals surface area contributed by atoms with E-state index in [0.717, 1.165) is 18.9 Å². The second-order valence-electron chi connectivity index (χ2n) is 4.50. The summed E-state index contributed by atoms with van der Waals surface area (Å²) in [6.45, 7) is 7.73. The van der Waals surface area contributed by atoms with Crippen molar-refractivity contribution >= 4 is 11.8 Å². The number of methoxy groups -OCH3 is 1. The molecule has 0 amide bonds. The zero-order valence-corrected chi connectivity index (χ0v) is 9.91. The average molecular weight is 203 g/mol. The number of rotatable bonds is 3. The van der Waals surface area contributed by atoms with Crippen LogP contribution in [0.4, 0.5) is 0 Å². The van der Waals surface area contributed by atoms with E-state index < -0.39 is 0 Å². The molecule has 0 aromatic carbocycles. The highest BCUT2D eigenvalue weighted by Gasteiger charge is 2.25. The summed E-state index contributed by atoms with van der Waals surface area (Å²) in [4.78, 5) is 0. The van der Waals surface area contributed by atoms with E-state index in [2.05, 4.69) is 26.1 Å². The molecular weight excluding hydrogens is 182 g/mol. The molecule has 0 bridgehead atoms. The van der Waals surface area contributed by atoms with Crippen LogP contribution < -0.4 is 5.32 Å². The Bertz CT molecular complexity index is 153. The fourth-order valence-corrected chi connectivity index (χ4v) is 2.80. The van der Waals surface area contributed by atoms with Gasteiger partial charge in [0, 0.05) is 13.5 Å². The lowest BCUT2D eigenvalue weighted by Crippen LogP contribution is -2.41. The van der Waals surface area contributed by atoms with Crippen LogP contribution in [0.15, 0.2) is 0 Å². The molecular formula is C10H21NOS. The second kappa shape index (κ2) is 4.67. The van der Waals surface area contributed by atoms with Gasteiger partial charge in [-0.15, -0.1) is 11.8 Å². The topological polar surface area (TPSA) is 21.3 Å². The van der Waals surface area contributed by atoms with E-state index in [1.54, 1.807) is 7.11 Å². The maximum atomic E-state index is 5.41. The van der Waals surface area contributed by atoms with E-state index in [1.807, 2.05) is 11.8 Å². The smallest absolute Gasteiger partial charge is 0.0645 e. The van der Waals surface area contributed by atoms with Gasteiger partial charge in [-0.3, -0.25) is 0 Å². The van der Waals surface area contributed by atoms with E-state index in [4.69, 9.17) is 4.74 Å². The Morgan fingerprint density at radius 3 is 2.69 bits per heavy atom. The lowest BCUT2D eigenvalue weighted by Gasteiger charge is -2.33. The largest absolute Gasteiger partial charge is 0.379 e. The summed E-state index contributed by atoms with van der Waals surface area (Å²) in [5, 5.41) is 4.12. The Morgan fingerprint density at radius 1 is 1.54 bits per heavy atom. The van der Waals surface area contributed by atoms with Crippen molar-refractivity contribution in [1.82, 2.24) is 5.32 Å². The molecule has 1 heterocycles. The Morgan fingerprint density at radius 2 is 2.23 bits per heavy atom. The lowest BCUT2D eigenvalue weighted by molar-refractivity contribution is 0.0131. The molecule has 0 saturated carbocycles. The van der Waals surface area contributed by atoms with Crippen LogP contribution in [0.2, 0.25) is 0 Å². The molecule has 1 aliphatic heterocycles. The standard InChI is InChI=1S/C10H21NOS/c1-8-6-11-9(13-7-8)5-10(2,3)12-4/h8-9,11H,5-7H2,1-4H3. The van der Waals surface area contributed by atoms with Gasteiger partial charge in [0.2, 0.25) is 0 Å². The van der Waals surface area contributed by atoms with Gasteiger partial charge >= 0.3 is 0 Å². The van der Waals surface area contributed by atoms with E-state index >= 15 is 0 Å². The summed E-state index contributed by atoms with van der Waals surface area (Å²) in [6.07, 6.45) is 1.08. The Balaban J connectivity index is 2.30. The molecule has 2 nitrogen and oxygen atoms in total. The molecule has 1 rings (SSSR count). The molecule has 13 heavy (non-hydrogen) atoms. The third kappa shape index (κ3) is 3.88. The van der Waals surface area contributed by atoms with Gasteiger partial charge < -0.3 is 10.1 Å². The van der Waals surface area contributed by atoms with Crippen LogP contribution in [0, 0.1) is 5.92 Å². The van der Waals surface area contributed by atoms with Crippen LogP contribution in [-0.4, -0.2) is 30.4 Å². The zero-order valence-electron chi connectivity index (χ0n) is 9.09. The van der Waals surface area contributed by atoms with Crippen molar-refractivity contribution in [3.05, 3.63) is 0 Å². The highest BCUT2D eigenvalue weighted by Crippen LogP contribution is 2.26. The molecule has 1 saturated heterocycles. The predicted molar refractivity (Wildman–Crippen MR) is 59.1 cm³/mol. The second-order valence-corrected chi connectivity index (χ2v) is 5.74. The minimum Gasteiger partial charge on any atom is -0.379 e. The number of nitrogens with one attached hydrogen (secondary N) is 1. The molecule has 1 N–H and O–H groups in total. The Labute approximate surface area is 85.8 Å². The van der Waals surface area contributed by atoms with Crippen LogP contribution in [0.25, 0.3) is 0 Å². The summed E-state index contributed by atoms with van der Waals surface area (Å²) in [7, 11) is 1.79. The third-order valence-electron chi connectivity index (χ3n) is 2.51. The van der Waals surface area contributed by atoms with Gasteiger partial charge in [0.05, 0.1) is 11.0 Å². The molecule has 0 spiro atoms. The van der Waals surface area contributed by atoms with Crippen LogP contribution >= 0.6 is 11.8 Å². The van der Waals surface area contributed by atoms with Crippen LogP contribution in [-0.2, 0) is 4.74 Å². The van der Waals surface area contributed by atoms with Crippen molar-refractivity contribution in [2.45, 2.75) is 38.2 Å². The van der Waals surface area contributed by atoms with Gasteiger partial charge in [-0.2, -0.15) is 0 Å². The summed E-state index contributed by atoms with van der Waals surface area (Å²) in [6, 6.07) is 0. The molecule has 2 unspecified atom stereocenters. The number of ether oxygens (including phenoxy) is 1. The number of thioether (sulfide) groups is 1. The monoisotopic (exact) mass is 203 g/mol. The van der Waals surface area contributed by atoms with Crippen molar-refractivity contribution in [2.75, 3.05) is 19.4 Å². The Hall–Kier alpha value is 0.270. The first-order chi connectivity index (χ1) is 6.03. The lowest BCUT2D eigenvalue weighted by atomic mass is 10.0. The Kier molecular flexibility index (Phi) is 4.07. The minimum absolute atomic E-state index is 0.00520. The SMILES string of the molecule is COC(C)(C)CC1NCC(C)CS1. The fraction of sp³-hybridized carbons (Fsp3) is 1.00. The van der Waals surface area contributed by atoms with E-state index in [9.17, 15) is 0 Å². The van der Waals surface area contributed by atoms with Gasteiger partial charge in [-0.1, -0.05) is 6.92 Å². The van der Waals surface area contributed by atoms with Crippen molar-refractivity contribution in [3.63, 3.8) is 0 Å². The molecule has 1 fully saturated rings. The van der Waals surface area contributed by atoms with E-state index in [0.29, 0.717) is 5.37 Å². The van der Waals surface area contributed by atoms with Gasteiger partial charge in [-0.05, 0) is 32.1 Å². The molecule has 2 atom stereocenters. The number of hydrogen-bond acceptors (Lipinski definition) is 3. The van der Waals surface area contributed by atoms with E-state index in [-0.39, 0.29) is 5.60 Å². The summed E-state index contributed by atoms with van der Waals surface area (Å²) >= 11 is 2.02.